The van der Waals surface area contributed by atoms with Crippen LogP contribution in [0, 0.1) is 10.1 Å². The third-order valence-corrected chi connectivity index (χ3v) is 5.81. The minimum Gasteiger partial charge on any atom is -0.352 e. The highest BCUT2D eigenvalue weighted by Crippen LogP contribution is 2.34. The highest BCUT2D eigenvalue weighted by Gasteiger charge is 2.20. The van der Waals surface area contributed by atoms with E-state index in [-0.39, 0.29) is 17.2 Å². The lowest BCUT2D eigenvalue weighted by Gasteiger charge is -2.08. The number of nitrogens with zero attached hydrogens (tertiary/aromatic N) is 6. The molecule has 32 heavy (non-hydrogen) atoms. The third-order valence-electron chi connectivity index (χ3n) is 4.69. The van der Waals surface area contributed by atoms with E-state index in [4.69, 9.17) is 0 Å². The molecule has 1 N–H and O–H groups in total. The fourth-order valence-electron chi connectivity index (χ4n) is 3.01. The van der Waals surface area contributed by atoms with Crippen LogP contribution in [0.1, 0.15) is 15.9 Å². The molecule has 0 aliphatic rings. The van der Waals surface area contributed by atoms with Gasteiger partial charge in [-0.25, -0.2) is 4.68 Å². The highest BCUT2D eigenvalue weighted by molar-refractivity contribution is 7.99. The topological polar surface area (TPSA) is 121 Å². The number of nitrogens with one attached hydrogen (secondary N) is 1. The zero-order valence-corrected chi connectivity index (χ0v) is 17.9. The summed E-state index contributed by atoms with van der Waals surface area (Å²) in [4.78, 5) is 23.9. The van der Waals surface area contributed by atoms with Crippen molar-refractivity contribution in [2.75, 3.05) is 6.54 Å². The van der Waals surface area contributed by atoms with Crippen LogP contribution in [0.3, 0.4) is 0 Å². The Labute approximate surface area is 187 Å². The lowest BCUT2D eigenvalue weighted by Crippen LogP contribution is -2.25. The Hall–Kier alpha value is -3.99. The monoisotopic (exact) mass is 449 g/mol. The lowest BCUT2D eigenvalue weighted by atomic mass is 10.1. The van der Waals surface area contributed by atoms with Gasteiger partial charge >= 0.3 is 0 Å². The number of rotatable bonds is 8. The Balaban J connectivity index is 1.38. The van der Waals surface area contributed by atoms with Gasteiger partial charge in [-0.2, -0.15) is 5.10 Å². The summed E-state index contributed by atoms with van der Waals surface area (Å²) < 4.78 is 3.43. The number of aromatic nitrogens is 5. The van der Waals surface area contributed by atoms with Gasteiger partial charge < -0.3 is 9.88 Å². The molecule has 162 valence electrons. The van der Waals surface area contributed by atoms with Crippen LogP contribution >= 0.6 is 11.8 Å². The molecule has 0 saturated heterocycles. The zero-order valence-electron chi connectivity index (χ0n) is 17.1. The molecule has 4 aromatic rings. The maximum absolute atomic E-state index is 12.5. The summed E-state index contributed by atoms with van der Waals surface area (Å²) in [5.74, 6) is -0.364. The Morgan fingerprint density at radius 2 is 2.03 bits per heavy atom. The molecule has 0 radical (unpaired) electrons. The molecule has 10 nitrogen and oxygen atoms in total. The first-order chi connectivity index (χ1) is 15.5. The van der Waals surface area contributed by atoms with E-state index in [0.29, 0.717) is 23.0 Å². The quantitative estimate of drug-likeness (QED) is 0.324. The highest BCUT2D eigenvalue weighted by atomic mass is 32.2. The summed E-state index contributed by atoms with van der Waals surface area (Å²) in [6.45, 7) is 0.406. The third kappa shape index (κ3) is 4.83. The Bertz CT molecular complexity index is 1240. The van der Waals surface area contributed by atoms with Gasteiger partial charge in [0.25, 0.3) is 11.6 Å². The number of benzene rings is 2. The van der Waals surface area contributed by atoms with Gasteiger partial charge in [0.1, 0.15) is 6.33 Å². The van der Waals surface area contributed by atoms with E-state index < -0.39 is 4.92 Å². The summed E-state index contributed by atoms with van der Waals surface area (Å²) in [5.41, 5.74) is 2.09. The molecule has 0 saturated carbocycles. The first kappa shape index (κ1) is 21.2. The number of nitro groups is 1. The number of hydrogen-bond donors (Lipinski definition) is 1. The van der Waals surface area contributed by atoms with Gasteiger partial charge in [-0.05, 0) is 54.1 Å². The van der Waals surface area contributed by atoms with E-state index in [2.05, 4.69) is 20.6 Å². The van der Waals surface area contributed by atoms with E-state index in [1.807, 2.05) is 36.5 Å². The number of carbonyl (C=O) groups is 1. The van der Waals surface area contributed by atoms with Crippen LogP contribution in [0.4, 0.5) is 5.69 Å². The Kier molecular flexibility index (Phi) is 6.26. The number of hydrogen-bond acceptors (Lipinski definition) is 7. The van der Waals surface area contributed by atoms with Crippen LogP contribution < -0.4 is 5.32 Å². The van der Waals surface area contributed by atoms with E-state index in [9.17, 15) is 14.9 Å². The maximum atomic E-state index is 12.5. The van der Waals surface area contributed by atoms with Crippen molar-refractivity contribution in [2.24, 2.45) is 7.05 Å². The normalized spacial score (nSPS) is 10.8. The predicted molar refractivity (Wildman–Crippen MR) is 118 cm³/mol. The van der Waals surface area contributed by atoms with Crippen LogP contribution in [-0.4, -0.2) is 41.9 Å². The van der Waals surface area contributed by atoms with E-state index in [1.54, 1.807) is 34.6 Å². The number of nitro benzene ring substituents is 1. The zero-order chi connectivity index (χ0) is 22.5. The molecule has 0 atom stereocenters. The first-order valence-corrected chi connectivity index (χ1v) is 10.5. The number of aryl methyl sites for hydroxylation is 1. The summed E-state index contributed by atoms with van der Waals surface area (Å²) in [5, 5.41) is 26.8. The van der Waals surface area contributed by atoms with Crippen molar-refractivity contribution in [1.82, 2.24) is 29.9 Å². The van der Waals surface area contributed by atoms with Gasteiger partial charge in [-0.1, -0.05) is 12.1 Å². The molecule has 4 rings (SSSR count). The molecule has 0 unspecified atom stereocenters. The standard InChI is InChI=1S/C21H19N7O3S/c1-26-14-23-25-21(26)32-19-8-5-16(13-18(19)28(30)31)20(29)22-11-9-15-3-6-17(7-4-15)27-12-2-10-24-27/h2-8,10,12-14H,9,11H2,1H3,(H,22,29). The molecule has 0 aliphatic carbocycles. The molecule has 0 bridgehead atoms. The summed E-state index contributed by atoms with van der Waals surface area (Å²) in [6, 6.07) is 14.1. The average Bonchev–Trinajstić information content (AvgIpc) is 3.47. The minimum absolute atomic E-state index is 0.153. The summed E-state index contributed by atoms with van der Waals surface area (Å²) >= 11 is 1.12. The average molecular weight is 449 g/mol. The second-order valence-electron chi connectivity index (χ2n) is 6.89. The number of amides is 1. The summed E-state index contributed by atoms with van der Waals surface area (Å²) in [6.07, 6.45) is 5.73. The van der Waals surface area contributed by atoms with Gasteiger partial charge in [0.2, 0.25) is 0 Å². The molecular weight excluding hydrogens is 430 g/mol. The van der Waals surface area contributed by atoms with Crippen LogP contribution in [0.15, 0.2) is 77.3 Å². The van der Waals surface area contributed by atoms with E-state index >= 15 is 0 Å². The fraction of sp³-hybridized carbons (Fsp3) is 0.143. The molecule has 0 spiro atoms. The van der Waals surface area contributed by atoms with Crippen molar-refractivity contribution < 1.29 is 9.72 Å². The van der Waals surface area contributed by atoms with E-state index in [1.165, 1.54) is 12.4 Å². The van der Waals surface area contributed by atoms with Crippen LogP contribution in [0.25, 0.3) is 5.69 Å². The van der Waals surface area contributed by atoms with E-state index in [0.717, 1.165) is 23.0 Å². The largest absolute Gasteiger partial charge is 0.352 e. The summed E-state index contributed by atoms with van der Waals surface area (Å²) in [7, 11) is 1.75. The van der Waals surface area contributed by atoms with Gasteiger partial charge in [0.05, 0.1) is 15.5 Å². The van der Waals surface area contributed by atoms with Crippen molar-refractivity contribution in [3.63, 3.8) is 0 Å². The molecule has 2 aromatic heterocycles. The number of carbonyl (C=O) groups excluding carboxylic acids is 1. The molecule has 0 aliphatic heterocycles. The Morgan fingerprint density at radius 1 is 1.22 bits per heavy atom. The molecular formula is C21H19N7O3S. The smallest absolute Gasteiger partial charge is 0.284 e. The van der Waals surface area contributed by atoms with Crippen LogP contribution in [-0.2, 0) is 13.5 Å². The predicted octanol–water partition coefficient (Wildman–Crippen LogP) is 3.03. The SMILES string of the molecule is Cn1cnnc1Sc1ccc(C(=O)NCCc2ccc(-n3cccn3)cc2)cc1[N+](=O)[O-]. The second kappa shape index (κ2) is 9.43. The van der Waals surface area contributed by atoms with Gasteiger partial charge in [0.15, 0.2) is 5.16 Å². The van der Waals surface area contributed by atoms with Gasteiger partial charge in [0, 0.05) is 37.6 Å². The molecule has 0 fully saturated rings. The first-order valence-electron chi connectivity index (χ1n) is 9.69. The lowest BCUT2D eigenvalue weighted by molar-refractivity contribution is -0.387. The van der Waals surface area contributed by atoms with Crippen LogP contribution in [0.2, 0.25) is 0 Å². The van der Waals surface area contributed by atoms with Gasteiger partial charge in [-0.3, -0.25) is 14.9 Å². The molecule has 2 aromatic carbocycles. The second-order valence-corrected chi connectivity index (χ2v) is 7.90. The minimum atomic E-state index is -0.503. The molecule has 2 heterocycles. The van der Waals surface area contributed by atoms with Crippen molar-refractivity contribution in [3.8, 4) is 5.69 Å². The molecule has 11 heteroatoms. The van der Waals surface area contributed by atoms with Crippen molar-refractivity contribution in [3.05, 3.63) is 88.5 Å². The van der Waals surface area contributed by atoms with Gasteiger partial charge in [-0.15, -0.1) is 10.2 Å². The fourth-order valence-corrected chi connectivity index (χ4v) is 3.86. The van der Waals surface area contributed by atoms with Crippen molar-refractivity contribution in [2.45, 2.75) is 16.5 Å². The Morgan fingerprint density at radius 3 is 2.69 bits per heavy atom. The van der Waals surface area contributed by atoms with Crippen molar-refractivity contribution in [1.29, 1.82) is 0 Å². The maximum Gasteiger partial charge on any atom is 0.284 e. The van der Waals surface area contributed by atoms with Crippen molar-refractivity contribution >= 4 is 23.4 Å². The molecule has 1 amide bonds. The van der Waals surface area contributed by atoms with Crippen LogP contribution in [0.5, 0.6) is 0 Å².